The van der Waals surface area contributed by atoms with Gasteiger partial charge in [0, 0.05) is 5.69 Å². The number of amides is 1. The summed E-state index contributed by atoms with van der Waals surface area (Å²) in [4.78, 5) is 12.2. The molecule has 1 amide bonds. The van der Waals surface area contributed by atoms with Crippen molar-refractivity contribution in [3.8, 4) is 0 Å². The van der Waals surface area contributed by atoms with Gasteiger partial charge in [-0.2, -0.15) is 13.2 Å². The number of anilines is 1. The number of hydrogen-bond donors (Lipinski definition) is 2. The van der Waals surface area contributed by atoms with E-state index < -0.39 is 28.2 Å². The van der Waals surface area contributed by atoms with Crippen molar-refractivity contribution >= 4 is 23.2 Å². The molecule has 1 aromatic rings. The molecule has 1 aliphatic carbocycles. The Hall–Kier alpha value is -1.27. The number of halogens is 4. The van der Waals surface area contributed by atoms with Crippen LogP contribution in [0.25, 0.3) is 0 Å². The van der Waals surface area contributed by atoms with Crippen LogP contribution in [0, 0.1) is 0 Å². The molecule has 0 aliphatic heterocycles. The molecule has 0 radical (unpaired) electrons. The fourth-order valence-electron chi connectivity index (χ4n) is 2.49. The van der Waals surface area contributed by atoms with Gasteiger partial charge in [0.2, 0.25) is 5.91 Å². The van der Waals surface area contributed by atoms with E-state index >= 15 is 0 Å². The van der Waals surface area contributed by atoms with E-state index in [2.05, 4.69) is 5.32 Å². The van der Waals surface area contributed by atoms with E-state index in [1.54, 1.807) is 0 Å². The van der Waals surface area contributed by atoms with Crippen LogP contribution in [0.5, 0.6) is 0 Å². The Morgan fingerprint density at radius 3 is 2.43 bits per heavy atom. The monoisotopic (exact) mass is 320 g/mol. The molecule has 1 aromatic carbocycles. The lowest BCUT2D eigenvalue weighted by Gasteiger charge is -2.31. The maximum Gasteiger partial charge on any atom is 0.417 e. The van der Waals surface area contributed by atoms with Gasteiger partial charge in [0.25, 0.3) is 0 Å². The third-order valence-electron chi connectivity index (χ3n) is 3.73. The van der Waals surface area contributed by atoms with Crippen molar-refractivity contribution in [2.75, 3.05) is 5.32 Å². The number of nitrogens with one attached hydrogen (secondary N) is 1. The van der Waals surface area contributed by atoms with Crippen molar-refractivity contribution in [3.05, 3.63) is 28.8 Å². The van der Waals surface area contributed by atoms with Crippen LogP contribution in [0.4, 0.5) is 18.9 Å². The summed E-state index contributed by atoms with van der Waals surface area (Å²) in [5.74, 6) is -0.447. The second-order valence-electron chi connectivity index (χ2n) is 5.36. The highest BCUT2D eigenvalue weighted by atomic mass is 35.5. The summed E-state index contributed by atoms with van der Waals surface area (Å²) >= 11 is 5.54. The first-order valence-electron chi connectivity index (χ1n) is 6.69. The Kier molecular flexibility index (Phi) is 4.49. The van der Waals surface area contributed by atoms with Gasteiger partial charge in [0.1, 0.15) is 0 Å². The van der Waals surface area contributed by atoms with E-state index in [0.717, 1.165) is 31.4 Å². The number of nitrogens with two attached hydrogens (primary N) is 1. The highest BCUT2D eigenvalue weighted by Gasteiger charge is 2.36. The molecule has 0 atom stereocenters. The van der Waals surface area contributed by atoms with Crippen LogP contribution in [-0.2, 0) is 11.0 Å². The average Bonchev–Trinajstić information content (AvgIpc) is 2.40. The van der Waals surface area contributed by atoms with Gasteiger partial charge in [-0.15, -0.1) is 0 Å². The molecule has 1 fully saturated rings. The van der Waals surface area contributed by atoms with E-state index in [1.807, 2.05) is 0 Å². The number of hydrogen-bond acceptors (Lipinski definition) is 2. The molecule has 1 aliphatic rings. The van der Waals surface area contributed by atoms with E-state index in [0.29, 0.717) is 12.8 Å². The fraction of sp³-hybridized carbons (Fsp3) is 0.500. The first kappa shape index (κ1) is 16.1. The average molecular weight is 321 g/mol. The highest BCUT2D eigenvalue weighted by Crippen LogP contribution is 2.36. The minimum Gasteiger partial charge on any atom is -0.324 e. The largest absolute Gasteiger partial charge is 0.417 e. The molecule has 7 heteroatoms. The van der Waals surface area contributed by atoms with Crippen LogP contribution in [0.2, 0.25) is 5.02 Å². The predicted molar refractivity (Wildman–Crippen MR) is 75.1 cm³/mol. The van der Waals surface area contributed by atoms with Crippen molar-refractivity contribution in [2.45, 2.75) is 43.8 Å². The fourth-order valence-corrected chi connectivity index (χ4v) is 2.71. The van der Waals surface area contributed by atoms with Gasteiger partial charge in [-0.25, -0.2) is 0 Å². The molecular formula is C14H16ClF3N2O. The minimum atomic E-state index is -4.57. The summed E-state index contributed by atoms with van der Waals surface area (Å²) in [6.45, 7) is 0. The predicted octanol–water partition coefficient (Wildman–Crippen LogP) is 3.96. The molecule has 0 aromatic heterocycles. The van der Waals surface area contributed by atoms with Crippen LogP contribution < -0.4 is 11.1 Å². The topological polar surface area (TPSA) is 55.1 Å². The molecule has 2 rings (SSSR count). The Labute approximate surface area is 125 Å². The van der Waals surface area contributed by atoms with Crippen LogP contribution in [-0.4, -0.2) is 11.4 Å². The van der Waals surface area contributed by atoms with Gasteiger partial charge in [0.15, 0.2) is 0 Å². The lowest BCUT2D eigenvalue weighted by atomic mass is 9.82. The Balaban J connectivity index is 2.18. The molecular weight excluding hydrogens is 305 g/mol. The standard InChI is InChI=1S/C14H16ClF3N2O/c15-11-5-4-9(8-10(11)14(16,17)18)20-12(21)13(19)6-2-1-3-7-13/h4-5,8H,1-3,6-7,19H2,(H,20,21). The summed E-state index contributed by atoms with van der Waals surface area (Å²) < 4.78 is 38.3. The summed E-state index contributed by atoms with van der Waals surface area (Å²) in [6.07, 6.45) is -0.776. The SMILES string of the molecule is NC1(C(=O)Nc2ccc(Cl)c(C(F)(F)F)c2)CCCCC1. The Morgan fingerprint density at radius 1 is 1.24 bits per heavy atom. The highest BCUT2D eigenvalue weighted by molar-refractivity contribution is 6.31. The lowest BCUT2D eigenvalue weighted by Crippen LogP contribution is -2.52. The quantitative estimate of drug-likeness (QED) is 0.866. The normalized spacial score (nSPS) is 18.3. The van der Waals surface area contributed by atoms with Crippen LogP contribution in [0.15, 0.2) is 18.2 Å². The summed E-state index contributed by atoms with van der Waals surface area (Å²) in [5.41, 5.74) is 4.11. The first-order chi connectivity index (χ1) is 9.72. The zero-order chi connectivity index (χ0) is 15.7. The zero-order valence-electron chi connectivity index (χ0n) is 11.3. The summed E-state index contributed by atoms with van der Waals surface area (Å²) in [5, 5.41) is 2.07. The van der Waals surface area contributed by atoms with E-state index in [-0.39, 0.29) is 5.69 Å². The van der Waals surface area contributed by atoms with E-state index in [4.69, 9.17) is 17.3 Å². The van der Waals surface area contributed by atoms with Gasteiger partial charge < -0.3 is 11.1 Å². The third-order valence-corrected chi connectivity index (χ3v) is 4.06. The smallest absolute Gasteiger partial charge is 0.324 e. The molecule has 116 valence electrons. The molecule has 21 heavy (non-hydrogen) atoms. The lowest BCUT2D eigenvalue weighted by molar-refractivity contribution is -0.137. The summed E-state index contributed by atoms with van der Waals surface area (Å²) in [6, 6.07) is 3.28. The number of benzene rings is 1. The minimum absolute atomic E-state index is 0.0483. The van der Waals surface area contributed by atoms with Crippen molar-refractivity contribution in [1.29, 1.82) is 0 Å². The van der Waals surface area contributed by atoms with Crippen LogP contribution in [0.3, 0.4) is 0 Å². The van der Waals surface area contributed by atoms with Crippen molar-refractivity contribution < 1.29 is 18.0 Å². The van der Waals surface area contributed by atoms with Crippen LogP contribution in [0.1, 0.15) is 37.7 Å². The Bertz CT molecular complexity index is 540. The maximum atomic E-state index is 12.8. The molecule has 0 unspecified atom stereocenters. The second kappa shape index (κ2) is 5.85. The molecule has 0 bridgehead atoms. The van der Waals surface area contributed by atoms with Gasteiger partial charge in [0.05, 0.1) is 16.1 Å². The molecule has 0 heterocycles. The molecule has 1 saturated carbocycles. The Morgan fingerprint density at radius 2 is 1.86 bits per heavy atom. The second-order valence-corrected chi connectivity index (χ2v) is 5.77. The zero-order valence-corrected chi connectivity index (χ0v) is 12.0. The number of alkyl halides is 3. The van der Waals surface area contributed by atoms with Gasteiger partial charge in [-0.1, -0.05) is 30.9 Å². The van der Waals surface area contributed by atoms with Gasteiger partial charge in [-0.05, 0) is 31.0 Å². The van der Waals surface area contributed by atoms with Crippen LogP contribution >= 0.6 is 11.6 Å². The number of carbonyl (C=O) groups is 1. The number of rotatable bonds is 2. The number of carbonyl (C=O) groups excluding carboxylic acids is 1. The van der Waals surface area contributed by atoms with E-state index in [9.17, 15) is 18.0 Å². The first-order valence-corrected chi connectivity index (χ1v) is 7.07. The van der Waals surface area contributed by atoms with Gasteiger partial charge >= 0.3 is 6.18 Å². The summed E-state index contributed by atoms with van der Waals surface area (Å²) in [7, 11) is 0. The third kappa shape index (κ3) is 3.68. The van der Waals surface area contributed by atoms with E-state index in [1.165, 1.54) is 6.07 Å². The molecule has 3 N–H and O–H groups in total. The molecule has 0 spiro atoms. The van der Waals surface area contributed by atoms with Crippen molar-refractivity contribution in [3.63, 3.8) is 0 Å². The van der Waals surface area contributed by atoms with Gasteiger partial charge in [-0.3, -0.25) is 4.79 Å². The molecule has 3 nitrogen and oxygen atoms in total. The maximum absolute atomic E-state index is 12.8. The van der Waals surface area contributed by atoms with Crippen molar-refractivity contribution in [1.82, 2.24) is 0 Å². The molecule has 0 saturated heterocycles. The van der Waals surface area contributed by atoms with Crippen molar-refractivity contribution in [2.24, 2.45) is 5.73 Å².